The lowest BCUT2D eigenvalue weighted by molar-refractivity contribution is -0.604. The largest absolute Gasteiger partial charge is 0.619 e. The molecule has 0 radical (unpaired) electrons. The van der Waals surface area contributed by atoms with Crippen molar-refractivity contribution in [2.75, 3.05) is 0 Å². The van der Waals surface area contributed by atoms with E-state index in [0.29, 0.717) is 43.0 Å². The number of rotatable bonds is 8. The third-order valence-electron chi connectivity index (χ3n) is 6.30. The second-order valence-electron chi connectivity index (χ2n) is 9.07. The molecule has 0 saturated heterocycles. The summed E-state index contributed by atoms with van der Waals surface area (Å²) in [6, 6.07) is 25.8. The summed E-state index contributed by atoms with van der Waals surface area (Å²) < 4.78 is 2.40. The monoisotopic (exact) mass is 571 g/mol. The molecule has 1 atom stereocenters. The van der Waals surface area contributed by atoms with Crippen molar-refractivity contribution >= 4 is 35.0 Å². The highest BCUT2D eigenvalue weighted by atomic mass is 35.5. The van der Waals surface area contributed by atoms with Crippen molar-refractivity contribution in [3.63, 3.8) is 0 Å². The van der Waals surface area contributed by atoms with E-state index in [2.05, 4.69) is 5.32 Å². The van der Waals surface area contributed by atoms with Gasteiger partial charge in [-0.05, 0) is 48.0 Å². The van der Waals surface area contributed by atoms with Crippen molar-refractivity contribution in [3.05, 3.63) is 130 Å². The molecule has 0 spiro atoms. The van der Waals surface area contributed by atoms with Gasteiger partial charge in [-0.2, -0.15) is 9.83 Å². The summed E-state index contributed by atoms with van der Waals surface area (Å²) in [5.41, 5.74) is 10.1. The van der Waals surface area contributed by atoms with E-state index >= 15 is 0 Å². The zero-order chi connectivity index (χ0) is 28.2. The first kappa shape index (κ1) is 26.9. The fourth-order valence-electron chi connectivity index (χ4n) is 4.25. The van der Waals surface area contributed by atoms with Crippen LogP contribution in [0.2, 0.25) is 10.0 Å². The Morgan fingerprint density at radius 1 is 0.925 bits per heavy atom. The summed E-state index contributed by atoms with van der Waals surface area (Å²) in [6.07, 6.45) is 3.12. The van der Waals surface area contributed by atoms with Gasteiger partial charge < -0.3 is 16.3 Å². The SMILES string of the molecule is NC(=O)[C@@H](Cc1ccccc1)NC(=O)c1ccc(-c2cc(-c3ccc[n+]([O-])c3)nn2-c2ccc(Cl)c(Cl)c2)cc1. The van der Waals surface area contributed by atoms with E-state index in [1.54, 1.807) is 59.3 Å². The van der Waals surface area contributed by atoms with Crippen LogP contribution in [0.4, 0.5) is 0 Å². The number of aromatic nitrogens is 3. The Bertz CT molecular complexity index is 1690. The van der Waals surface area contributed by atoms with E-state index in [1.807, 2.05) is 36.4 Å². The topological polar surface area (TPSA) is 117 Å². The Labute approximate surface area is 240 Å². The number of hydrogen-bond donors (Lipinski definition) is 2. The number of halogens is 2. The van der Waals surface area contributed by atoms with Gasteiger partial charge in [0.1, 0.15) is 6.04 Å². The van der Waals surface area contributed by atoms with E-state index in [4.69, 9.17) is 34.0 Å². The minimum absolute atomic E-state index is 0.286. The van der Waals surface area contributed by atoms with Gasteiger partial charge in [0.25, 0.3) is 5.91 Å². The van der Waals surface area contributed by atoms with Gasteiger partial charge in [-0.15, -0.1) is 0 Å². The molecule has 5 rings (SSSR count). The second kappa shape index (κ2) is 11.6. The van der Waals surface area contributed by atoms with Crippen molar-refractivity contribution in [1.29, 1.82) is 0 Å². The maximum Gasteiger partial charge on any atom is 0.251 e. The second-order valence-corrected chi connectivity index (χ2v) is 9.89. The van der Waals surface area contributed by atoms with Gasteiger partial charge in [-0.25, -0.2) is 4.68 Å². The fourth-order valence-corrected chi connectivity index (χ4v) is 4.55. The zero-order valence-corrected chi connectivity index (χ0v) is 22.5. The molecule has 0 saturated carbocycles. The van der Waals surface area contributed by atoms with Crippen LogP contribution in [-0.4, -0.2) is 27.6 Å². The molecule has 0 fully saturated rings. The number of nitrogens with zero attached hydrogens (tertiary/aromatic N) is 3. The van der Waals surface area contributed by atoms with Crippen LogP contribution >= 0.6 is 23.2 Å². The molecule has 0 unspecified atom stereocenters. The summed E-state index contributed by atoms with van der Waals surface area (Å²) in [5, 5.41) is 20.1. The number of carbonyl (C=O) groups is 2. The minimum Gasteiger partial charge on any atom is -0.619 e. The molecule has 0 aliphatic carbocycles. The zero-order valence-electron chi connectivity index (χ0n) is 21.0. The molecule has 8 nitrogen and oxygen atoms in total. The smallest absolute Gasteiger partial charge is 0.251 e. The lowest BCUT2D eigenvalue weighted by Crippen LogP contribution is -2.45. The van der Waals surface area contributed by atoms with E-state index in [1.165, 1.54) is 12.4 Å². The van der Waals surface area contributed by atoms with Crippen LogP contribution in [-0.2, 0) is 11.2 Å². The van der Waals surface area contributed by atoms with Crippen LogP contribution in [0.25, 0.3) is 28.2 Å². The van der Waals surface area contributed by atoms with Crippen LogP contribution in [0.5, 0.6) is 0 Å². The Hall–Kier alpha value is -4.66. The Balaban J connectivity index is 1.45. The number of hydrogen-bond acceptors (Lipinski definition) is 4. The predicted octanol–water partition coefficient (Wildman–Crippen LogP) is 4.97. The molecule has 2 amide bonds. The van der Waals surface area contributed by atoms with Gasteiger partial charge in [0, 0.05) is 23.6 Å². The number of nitrogens with one attached hydrogen (secondary N) is 1. The van der Waals surface area contributed by atoms with E-state index in [0.717, 1.165) is 11.1 Å². The molecule has 40 heavy (non-hydrogen) atoms. The van der Waals surface area contributed by atoms with Crippen LogP contribution < -0.4 is 15.8 Å². The third-order valence-corrected chi connectivity index (χ3v) is 7.04. The van der Waals surface area contributed by atoms with E-state index in [9.17, 15) is 14.8 Å². The van der Waals surface area contributed by atoms with Crippen LogP contribution in [0.15, 0.2) is 103 Å². The normalized spacial score (nSPS) is 11.7. The molecule has 0 aliphatic heterocycles. The molecular formula is C30H23Cl2N5O3. The summed E-state index contributed by atoms with van der Waals surface area (Å²) in [6.45, 7) is 0. The number of carbonyl (C=O) groups excluding carboxylic acids is 2. The average Bonchev–Trinajstić information content (AvgIpc) is 3.40. The van der Waals surface area contributed by atoms with Crippen LogP contribution in [0, 0.1) is 5.21 Å². The van der Waals surface area contributed by atoms with Crippen molar-refractivity contribution in [3.8, 4) is 28.2 Å². The molecule has 0 bridgehead atoms. The van der Waals surface area contributed by atoms with Crippen molar-refractivity contribution < 1.29 is 14.3 Å². The lowest BCUT2D eigenvalue weighted by Gasteiger charge is -2.16. The Morgan fingerprint density at radius 2 is 1.68 bits per heavy atom. The minimum atomic E-state index is -0.858. The molecule has 200 valence electrons. The van der Waals surface area contributed by atoms with Gasteiger partial charge in [-0.1, -0.05) is 65.7 Å². The summed E-state index contributed by atoms with van der Waals surface area (Å²) >= 11 is 12.4. The number of nitrogens with two attached hydrogens (primary N) is 1. The number of amides is 2. The first-order valence-electron chi connectivity index (χ1n) is 12.3. The van der Waals surface area contributed by atoms with Gasteiger partial charge in [0.05, 0.1) is 32.7 Å². The summed E-state index contributed by atoms with van der Waals surface area (Å²) in [7, 11) is 0. The van der Waals surface area contributed by atoms with Gasteiger partial charge in [-0.3, -0.25) is 9.59 Å². The summed E-state index contributed by atoms with van der Waals surface area (Å²) in [4.78, 5) is 25.0. The molecule has 0 aliphatic rings. The molecular weight excluding hydrogens is 549 g/mol. The molecule has 3 aromatic carbocycles. The molecule has 2 heterocycles. The van der Waals surface area contributed by atoms with Gasteiger partial charge in [0.15, 0.2) is 12.4 Å². The molecule has 10 heteroatoms. The highest BCUT2D eigenvalue weighted by molar-refractivity contribution is 6.42. The maximum absolute atomic E-state index is 13.0. The predicted molar refractivity (Wildman–Crippen MR) is 154 cm³/mol. The highest BCUT2D eigenvalue weighted by Gasteiger charge is 2.20. The van der Waals surface area contributed by atoms with E-state index in [-0.39, 0.29) is 6.42 Å². The lowest BCUT2D eigenvalue weighted by atomic mass is 10.0. The number of benzene rings is 3. The van der Waals surface area contributed by atoms with E-state index < -0.39 is 17.9 Å². The summed E-state index contributed by atoms with van der Waals surface area (Å²) in [5.74, 6) is -1.04. The quantitative estimate of drug-likeness (QED) is 0.202. The van der Waals surface area contributed by atoms with Gasteiger partial charge in [0.2, 0.25) is 5.91 Å². The van der Waals surface area contributed by atoms with Gasteiger partial charge >= 0.3 is 0 Å². The number of pyridine rings is 1. The maximum atomic E-state index is 13.0. The standard InChI is InChI=1S/C30H23Cl2N5O3/c31-24-13-12-23(16-25(24)32)37-28(17-26(35-37)22-7-4-14-36(40)18-22)20-8-10-21(11-9-20)30(39)34-27(29(33)38)15-19-5-2-1-3-6-19/h1-14,16-18,27H,15H2,(H2,33,38)(H,34,39)/t27-/m1/s1. The van der Waals surface area contributed by atoms with Crippen molar-refractivity contribution in [2.24, 2.45) is 5.73 Å². The molecule has 2 aromatic heterocycles. The molecule has 3 N–H and O–H groups in total. The Morgan fingerprint density at radius 3 is 2.35 bits per heavy atom. The molecule has 5 aromatic rings. The fraction of sp³-hybridized carbons (Fsp3) is 0.0667. The van der Waals surface area contributed by atoms with Crippen LogP contribution in [0.1, 0.15) is 15.9 Å². The van der Waals surface area contributed by atoms with Crippen molar-refractivity contribution in [2.45, 2.75) is 12.5 Å². The third kappa shape index (κ3) is 5.98. The Kier molecular flexibility index (Phi) is 7.82. The first-order chi connectivity index (χ1) is 19.3. The first-order valence-corrected chi connectivity index (χ1v) is 13.0. The highest BCUT2D eigenvalue weighted by Crippen LogP contribution is 2.31. The number of primary amides is 1. The van der Waals surface area contributed by atoms with Crippen LogP contribution in [0.3, 0.4) is 0 Å². The van der Waals surface area contributed by atoms with Crippen molar-refractivity contribution in [1.82, 2.24) is 15.1 Å². The average molecular weight is 572 g/mol.